The Labute approximate surface area is 190 Å². The highest BCUT2D eigenvalue weighted by molar-refractivity contribution is 5.64. The molecule has 1 unspecified atom stereocenters. The van der Waals surface area contributed by atoms with E-state index >= 15 is 0 Å². The molecule has 1 aliphatic heterocycles. The smallest absolute Gasteiger partial charge is 0.0920 e. The molecule has 1 atom stereocenters. The van der Waals surface area contributed by atoms with E-state index in [1.54, 1.807) is 0 Å². The van der Waals surface area contributed by atoms with E-state index in [0.29, 0.717) is 0 Å². The Morgan fingerprint density at radius 1 is 1.06 bits per heavy atom. The van der Waals surface area contributed by atoms with Crippen LogP contribution in [-0.2, 0) is 12.0 Å². The summed E-state index contributed by atoms with van der Waals surface area (Å²) in [6.45, 7) is 21.9. The van der Waals surface area contributed by atoms with Crippen LogP contribution in [0.15, 0.2) is 91.6 Å². The number of likely N-dealkylation sites (N-methyl/N-ethyl adjacent to an activating group) is 1. The minimum absolute atomic E-state index is 0.0203. The summed E-state index contributed by atoms with van der Waals surface area (Å²) in [7, 11) is 0. The summed E-state index contributed by atoms with van der Waals surface area (Å²) in [4.78, 5) is 5.14. The highest BCUT2D eigenvalue weighted by atomic mass is 15.4. The molecule has 2 aromatic carbocycles. The van der Waals surface area contributed by atoms with Gasteiger partial charge in [-0.1, -0.05) is 108 Å². The van der Waals surface area contributed by atoms with Crippen LogP contribution in [0.2, 0.25) is 0 Å². The highest BCUT2D eigenvalue weighted by Crippen LogP contribution is 2.46. The number of anilines is 1. The SMILES string of the molecule is C=CCC=CC(=C)CN1c2ccccc2C(C)(C)C1N(CC)Cc1ccccc1.CC. The van der Waals surface area contributed by atoms with Crippen molar-refractivity contribution in [1.82, 2.24) is 4.90 Å². The second-order valence-electron chi connectivity index (χ2n) is 8.37. The first kappa shape index (κ1) is 24.7. The molecule has 0 radical (unpaired) electrons. The normalized spacial score (nSPS) is 16.7. The van der Waals surface area contributed by atoms with Crippen molar-refractivity contribution in [1.29, 1.82) is 0 Å². The van der Waals surface area contributed by atoms with Gasteiger partial charge < -0.3 is 4.90 Å². The van der Waals surface area contributed by atoms with Crippen LogP contribution in [0.5, 0.6) is 0 Å². The molecule has 0 aromatic heterocycles. The van der Waals surface area contributed by atoms with Crippen LogP contribution in [-0.4, -0.2) is 24.2 Å². The van der Waals surface area contributed by atoms with Crippen LogP contribution < -0.4 is 4.90 Å². The maximum absolute atomic E-state index is 4.33. The number of benzene rings is 2. The molecule has 31 heavy (non-hydrogen) atoms. The molecular weight excluding hydrogens is 376 g/mol. The van der Waals surface area contributed by atoms with Crippen LogP contribution >= 0.6 is 0 Å². The topological polar surface area (TPSA) is 6.48 Å². The van der Waals surface area contributed by atoms with Crippen molar-refractivity contribution in [2.45, 2.75) is 59.2 Å². The van der Waals surface area contributed by atoms with Crippen molar-refractivity contribution >= 4 is 5.69 Å². The first-order valence-electron chi connectivity index (χ1n) is 11.6. The van der Waals surface area contributed by atoms with Crippen LogP contribution in [0.1, 0.15) is 52.2 Å². The molecule has 2 nitrogen and oxygen atoms in total. The van der Waals surface area contributed by atoms with Crippen LogP contribution in [0.4, 0.5) is 5.69 Å². The van der Waals surface area contributed by atoms with Crippen LogP contribution in [0.25, 0.3) is 0 Å². The maximum Gasteiger partial charge on any atom is 0.0920 e. The third-order valence-electron chi connectivity index (χ3n) is 5.86. The fourth-order valence-electron chi connectivity index (χ4n) is 4.55. The van der Waals surface area contributed by atoms with Gasteiger partial charge in [-0.3, -0.25) is 4.90 Å². The van der Waals surface area contributed by atoms with Gasteiger partial charge in [0, 0.05) is 24.2 Å². The van der Waals surface area contributed by atoms with Gasteiger partial charge >= 0.3 is 0 Å². The van der Waals surface area contributed by atoms with E-state index in [0.717, 1.165) is 31.6 Å². The predicted molar refractivity (Wildman–Crippen MR) is 138 cm³/mol. The summed E-state index contributed by atoms with van der Waals surface area (Å²) in [5.41, 5.74) is 5.24. The number of nitrogens with zero attached hydrogens (tertiary/aromatic N) is 2. The molecule has 1 aliphatic rings. The number of hydrogen-bond donors (Lipinski definition) is 0. The number of fused-ring (bicyclic) bond motifs is 1. The summed E-state index contributed by atoms with van der Waals surface area (Å²) in [5.74, 6) is 0. The summed E-state index contributed by atoms with van der Waals surface area (Å²) < 4.78 is 0. The zero-order valence-electron chi connectivity index (χ0n) is 20.1. The molecule has 3 rings (SSSR count). The van der Waals surface area contributed by atoms with E-state index in [9.17, 15) is 0 Å². The maximum atomic E-state index is 4.33. The van der Waals surface area contributed by atoms with Crippen molar-refractivity contribution in [2.75, 3.05) is 18.0 Å². The van der Waals surface area contributed by atoms with Crippen molar-refractivity contribution in [2.24, 2.45) is 0 Å². The van der Waals surface area contributed by atoms with Gasteiger partial charge in [-0.25, -0.2) is 0 Å². The summed E-state index contributed by atoms with van der Waals surface area (Å²) in [6, 6.07) is 19.6. The zero-order chi connectivity index (χ0) is 22.9. The van der Waals surface area contributed by atoms with E-state index in [4.69, 9.17) is 0 Å². The summed E-state index contributed by atoms with van der Waals surface area (Å²) in [6.07, 6.45) is 7.34. The molecule has 0 aliphatic carbocycles. The van der Waals surface area contributed by atoms with E-state index < -0.39 is 0 Å². The van der Waals surface area contributed by atoms with Gasteiger partial charge in [-0.15, -0.1) is 6.58 Å². The second kappa shape index (κ2) is 11.7. The number of rotatable bonds is 9. The van der Waals surface area contributed by atoms with Crippen LogP contribution in [0.3, 0.4) is 0 Å². The molecule has 0 saturated carbocycles. The summed E-state index contributed by atoms with van der Waals surface area (Å²) >= 11 is 0. The van der Waals surface area contributed by atoms with Crippen molar-refractivity contribution in [3.63, 3.8) is 0 Å². The van der Waals surface area contributed by atoms with Gasteiger partial charge in [-0.2, -0.15) is 0 Å². The lowest BCUT2D eigenvalue weighted by Crippen LogP contribution is -2.54. The third-order valence-corrected chi connectivity index (χ3v) is 5.86. The average Bonchev–Trinajstić information content (AvgIpc) is 3.01. The Kier molecular flexibility index (Phi) is 9.33. The van der Waals surface area contributed by atoms with E-state index in [1.165, 1.54) is 16.8 Å². The lowest BCUT2D eigenvalue weighted by molar-refractivity contribution is 0.140. The van der Waals surface area contributed by atoms with Gasteiger partial charge in [0.05, 0.1) is 6.17 Å². The van der Waals surface area contributed by atoms with Crippen molar-refractivity contribution < 1.29 is 0 Å². The minimum atomic E-state index is 0.0203. The number of para-hydroxylation sites is 1. The Balaban J connectivity index is 0.00000166. The first-order valence-corrected chi connectivity index (χ1v) is 11.6. The second-order valence-corrected chi connectivity index (χ2v) is 8.37. The molecular formula is C29H40N2. The monoisotopic (exact) mass is 416 g/mol. The van der Waals surface area contributed by atoms with Crippen molar-refractivity contribution in [3.05, 3.63) is 103 Å². The first-order chi connectivity index (χ1) is 15.0. The molecule has 0 amide bonds. The van der Waals surface area contributed by atoms with Gasteiger partial charge in [0.25, 0.3) is 0 Å². The quantitative estimate of drug-likeness (QED) is 0.311. The Hall–Kier alpha value is -2.58. The molecule has 0 bridgehead atoms. The molecule has 0 fully saturated rings. The zero-order valence-corrected chi connectivity index (χ0v) is 20.1. The molecule has 0 spiro atoms. The molecule has 0 N–H and O–H groups in total. The van der Waals surface area contributed by atoms with E-state index in [-0.39, 0.29) is 11.6 Å². The van der Waals surface area contributed by atoms with Gasteiger partial charge in [-0.05, 0) is 35.7 Å². The largest absolute Gasteiger partial charge is 0.350 e. The van der Waals surface area contributed by atoms with Crippen molar-refractivity contribution in [3.8, 4) is 0 Å². The van der Waals surface area contributed by atoms with Gasteiger partial charge in [0.1, 0.15) is 0 Å². The van der Waals surface area contributed by atoms with E-state index in [1.807, 2.05) is 19.9 Å². The molecule has 166 valence electrons. The molecule has 1 heterocycles. The van der Waals surface area contributed by atoms with E-state index in [2.05, 4.69) is 110 Å². The third kappa shape index (κ3) is 5.77. The standard InChI is InChI=1S/C27H34N2.C2H6/c1-6-8-10-15-22(3)20-29-25-19-14-13-18-24(25)27(4,5)26(29)28(7-2)21-23-16-11-9-12-17-23;1-2/h6,9-19,26H,1,3,7-8,20-21H2,2,4-5H3;1-2H3. The fraction of sp³-hybridized carbons (Fsp3) is 0.379. The van der Waals surface area contributed by atoms with Gasteiger partial charge in [0.2, 0.25) is 0 Å². The minimum Gasteiger partial charge on any atom is -0.350 e. The number of hydrogen-bond acceptors (Lipinski definition) is 2. The Morgan fingerprint density at radius 2 is 1.71 bits per heavy atom. The fourth-order valence-corrected chi connectivity index (χ4v) is 4.55. The molecule has 0 saturated heterocycles. The molecule has 2 aromatic rings. The number of allylic oxidation sites excluding steroid dienone is 2. The van der Waals surface area contributed by atoms with Gasteiger partial charge in [0.15, 0.2) is 0 Å². The predicted octanol–water partition coefficient (Wildman–Crippen LogP) is 7.35. The summed E-state index contributed by atoms with van der Waals surface area (Å²) in [5, 5.41) is 0. The lowest BCUT2D eigenvalue weighted by Gasteiger charge is -2.42. The highest BCUT2D eigenvalue weighted by Gasteiger charge is 2.46. The molecule has 2 heteroatoms. The Morgan fingerprint density at radius 3 is 2.35 bits per heavy atom. The average molecular weight is 417 g/mol. The lowest BCUT2D eigenvalue weighted by atomic mass is 9.83. The van der Waals surface area contributed by atoms with Crippen LogP contribution in [0, 0.1) is 0 Å². The Bertz CT molecular complexity index is 863.